The fraction of sp³-hybridized carbons (Fsp3) is 0.333. The Morgan fingerprint density at radius 3 is 2.52 bits per heavy atom. The second-order valence-electron chi connectivity index (χ2n) is 7.03. The molecule has 1 N–H and O–H groups in total. The van der Waals surface area contributed by atoms with Crippen molar-refractivity contribution < 1.29 is 4.79 Å². The number of nitrogens with one attached hydrogen (secondary N) is 1. The number of carbonyl (C=O) groups is 1. The number of likely N-dealkylation sites (tertiary alicyclic amines) is 1. The normalized spacial score (nSPS) is 22.1. The third kappa shape index (κ3) is 3.42. The fourth-order valence-electron chi connectivity index (χ4n) is 3.54. The van der Waals surface area contributed by atoms with Gasteiger partial charge in [-0.3, -0.25) is 4.79 Å². The largest absolute Gasteiger partial charge is 0.338 e. The molecule has 0 aromatic heterocycles. The average molecular weight is 331 g/mol. The third-order valence-electron chi connectivity index (χ3n) is 5.19. The molecule has 1 amide bonds. The van der Waals surface area contributed by atoms with Crippen molar-refractivity contribution in [2.24, 2.45) is 5.92 Å². The van der Waals surface area contributed by atoms with Crippen LogP contribution in [0.3, 0.4) is 0 Å². The number of hydrogen-bond acceptors (Lipinski definition) is 3. The number of carbonyl (C=O) groups excluding carboxylic acids is 1. The Morgan fingerprint density at radius 2 is 1.84 bits per heavy atom. The molecular formula is C21H21N3O. The van der Waals surface area contributed by atoms with Crippen LogP contribution in [0.4, 0.5) is 0 Å². The lowest BCUT2D eigenvalue weighted by atomic mass is 9.98. The summed E-state index contributed by atoms with van der Waals surface area (Å²) in [4.78, 5) is 14.3. The molecule has 25 heavy (non-hydrogen) atoms. The number of amides is 1. The molecule has 0 radical (unpaired) electrons. The molecule has 126 valence electrons. The van der Waals surface area contributed by atoms with Gasteiger partial charge in [0.15, 0.2) is 0 Å². The van der Waals surface area contributed by atoms with Gasteiger partial charge in [0.25, 0.3) is 5.91 Å². The zero-order valence-electron chi connectivity index (χ0n) is 14.1. The number of nitrogens with zero attached hydrogens (tertiary/aromatic N) is 2. The molecule has 0 bridgehead atoms. The van der Waals surface area contributed by atoms with Gasteiger partial charge in [-0.15, -0.1) is 0 Å². The lowest BCUT2D eigenvalue weighted by molar-refractivity contribution is 0.0500. The lowest BCUT2D eigenvalue weighted by Crippen LogP contribution is -2.53. The Balaban J connectivity index is 1.21. The summed E-state index contributed by atoms with van der Waals surface area (Å²) in [5.74, 6) is 1.26. The van der Waals surface area contributed by atoms with Crippen LogP contribution in [0.2, 0.25) is 0 Å². The van der Waals surface area contributed by atoms with Crippen molar-refractivity contribution >= 4 is 5.91 Å². The molecule has 4 heteroatoms. The second-order valence-corrected chi connectivity index (χ2v) is 7.03. The average Bonchev–Trinajstić information content (AvgIpc) is 3.40. The van der Waals surface area contributed by atoms with Crippen molar-refractivity contribution in [3.63, 3.8) is 0 Å². The maximum Gasteiger partial charge on any atom is 0.253 e. The topological polar surface area (TPSA) is 56.1 Å². The monoisotopic (exact) mass is 331 g/mol. The van der Waals surface area contributed by atoms with E-state index in [9.17, 15) is 4.79 Å². The molecule has 0 spiro atoms. The summed E-state index contributed by atoms with van der Waals surface area (Å²) in [6, 6.07) is 20.2. The van der Waals surface area contributed by atoms with Gasteiger partial charge < -0.3 is 10.2 Å². The lowest BCUT2D eigenvalue weighted by Gasteiger charge is -2.39. The molecule has 1 heterocycles. The summed E-state index contributed by atoms with van der Waals surface area (Å²) < 4.78 is 0. The van der Waals surface area contributed by atoms with E-state index in [1.165, 1.54) is 12.0 Å². The van der Waals surface area contributed by atoms with Crippen LogP contribution >= 0.6 is 0 Å². The van der Waals surface area contributed by atoms with Gasteiger partial charge in [-0.05, 0) is 36.2 Å². The summed E-state index contributed by atoms with van der Waals surface area (Å²) >= 11 is 0. The van der Waals surface area contributed by atoms with Gasteiger partial charge >= 0.3 is 0 Å². The van der Waals surface area contributed by atoms with Crippen LogP contribution in [0.15, 0.2) is 54.6 Å². The summed E-state index contributed by atoms with van der Waals surface area (Å²) in [5.41, 5.74) is 2.67. The molecule has 4 rings (SSSR count). The van der Waals surface area contributed by atoms with Gasteiger partial charge in [0, 0.05) is 43.1 Å². The van der Waals surface area contributed by atoms with Crippen molar-refractivity contribution in [1.82, 2.24) is 10.2 Å². The Hall–Kier alpha value is -2.64. The fourth-order valence-corrected chi connectivity index (χ4v) is 3.54. The standard InChI is InChI=1S/C21H21N3O/c22-11-15-6-8-18(9-7-15)21(25)24-13-16(14-24)12-23-20-10-19(20)17-4-2-1-3-5-17/h1-9,16,19-20,23H,10,12-14H2/t19-,20+/m0/s1. The van der Waals surface area contributed by atoms with Crippen LogP contribution in [0.1, 0.15) is 33.8 Å². The molecule has 2 aliphatic rings. The molecule has 2 aromatic carbocycles. The van der Waals surface area contributed by atoms with Gasteiger partial charge in [0.05, 0.1) is 11.6 Å². The summed E-state index contributed by atoms with van der Waals surface area (Å²) in [6.45, 7) is 2.61. The predicted molar refractivity (Wildman–Crippen MR) is 96.1 cm³/mol. The van der Waals surface area contributed by atoms with Crippen molar-refractivity contribution in [2.75, 3.05) is 19.6 Å². The molecule has 4 nitrogen and oxygen atoms in total. The minimum absolute atomic E-state index is 0.0642. The van der Waals surface area contributed by atoms with E-state index in [0.717, 1.165) is 19.6 Å². The van der Waals surface area contributed by atoms with Gasteiger partial charge in [-0.2, -0.15) is 5.26 Å². The van der Waals surface area contributed by atoms with E-state index in [-0.39, 0.29) is 5.91 Å². The smallest absolute Gasteiger partial charge is 0.253 e. The Kier molecular flexibility index (Phi) is 4.25. The minimum Gasteiger partial charge on any atom is -0.338 e. The number of hydrogen-bond donors (Lipinski definition) is 1. The Bertz CT molecular complexity index is 788. The Labute approximate surface area is 148 Å². The van der Waals surface area contributed by atoms with Crippen LogP contribution in [-0.2, 0) is 0 Å². The van der Waals surface area contributed by atoms with Crippen molar-refractivity contribution in [3.8, 4) is 6.07 Å². The van der Waals surface area contributed by atoms with E-state index in [1.54, 1.807) is 24.3 Å². The van der Waals surface area contributed by atoms with Crippen molar-refractivity contribution in [1.29, 1.82) is 5.26 Å². The molecular weight excluding hydrogens is 310 g/mol. The molecule has 1 saturated heterocycles. The van der Waals surface area contributed by atoms with E-state index in [0.29, 0.717) is 29.0 Å². The SMILES string of the molecule is N#Cc1ccc(C(=O)N2CC(CN[C@@H]3C[C@H]3c3ccccc3)C2)cc1. The second kappa shape index (κ2) is 6.70. The zero-order chi connectivity index (χ0) is 17.2. The molecule has 2 atom stereocenters. The first-order valence-electron chi connectivity index (χ1n) is 8.82. The molecule has 2 aromatic rings. The zero-order valence-corrected chi connectivity index (χ0v) is 14.1. The first-order valence-corrected chi connectivity index (χ1v) is 8.82. The highest BCUT2D eigenvalue weighted by Gasteiger charge is 2.39. The molecule has 0 unspecified atom stereocenters. The number of nitriles is 1. The third-order valence-corrected chi connectivity index (χ3v) is 5.19. The molecule has 1 saturated carbocycles. The van der Waals surface area contributed by atoms with Crippen LogP contribution in [0, 0.1) is 17.2 Å². The summed E-state index contributed by atoms with van der Waals surface area (Å²) in [7, 11) is 0. The highest BCUT2D eigenvalue weighted by atomic mass is 16.2. The van der Waals surface area contributed by atoms with Crippen LogP contribution in [-0.4, -0.2) is 36.5 Å². The van der Waals surface area contributed by atoms with Gasteiger partial charge in [-0.25, -0.2) is 0 Å². The van der Waals surface area contributed by atoms with Crippen LogP contribution in [0.25, 0.3) is 0 Å². The van der Waals surface area contributed by atoms with E-state index >= 15 is 0 Å². The number of benzene rings is 2. The molecule has 2 fully saturated rings. The van der Waals surface area contributed by atoms with Gasteiger partial charge in [-0.1, -0.05) is 30.3 Å². The maximum atomic E-state index is 12.4. The highest BCUT2D eigenvalue weighted by molar-refractivity contribution is 5.94. The minimum atomic E-state index is 0.0642. The van der Waals surface area contributed by atoms with Crippen molar-refractivity contribution in [3.05, 3.63) is 71.3 Å². The summed E-state index contributed by atoms with van der Waals surface area (Å²) in [5, 5.41) is 12.5. The van der Waals surface area contributed by atoms with Crippen LogP contribution < -0.4 is 5.32 Å². The molecule has 1 aliphatic carbocycles. The van der Waals surface area contributed by atoms with Crippen LogP contribution in [0.5, 0.6) is 0 Å². The Morgan fingerprint density at radius 1 is 1.12 bits per heavy atom. The van der Waals surface area contributed by atoms with E-state index in [2.05, 4.69) is 41.7 Å². The van der Waals surface area contributed by atoms with Gasteiger partial charge in [0.2, 0.25) is 0 Å². The first kappa shape index (κ1) is 15.9. The van der Waals surface area contributed by atoms with Gasteiger partial charge in [0.1, 0.15) is 0 Å². The number of rotatable bonds is 5. The van der Waals surface area contributed by atoms with Crippen molar-refractivity contribution in [2.45, 2.75) is 18.4 Å². The predicted octanol–water partition coefficient (Wildman–Crippen LogP) is 2.78. The highest BCUT2D eigenvalue weighted by Crippen LogP contribution is 2.40. The summed E-state index contributed by atoms with van der Waals surface area (Å²) in [6.07, 6.45) is 1.21. The quantitative estimate of drug-likeness (QED) is 0.916. The van der Waals surface area contributed by atoms with E-state index < -0.39 is 0 Å². The van der Waals surface area contributed by atoms with E-state index in [4.69, 9.17) is 5.26 Å². The molecule has 1 aliphatic heterocycles. The maximum absolute atomic E-state index is 12.4. The first-order chi connectivity index (χ1) is 12.2. The van der Waals surface area contributed by atoms with E-state index in [1.807, 2.05) is 4.90 Å².